The van der Waals surface area contributed by atoms with Crippen LogP contribution < -0.4 is 10.6 Å². The van der Waals surface area contributed by atoms with E-state index in [1.54, 1.807) is 0 Å². The minimum Gasteiger partial charge on any atom is -0.396 e. The van der Waals surface area contributed by atoms with Gasteiger partial charge in [0.2, 0.25) is 5.95 Å². The molecule has 3 unspecified atom stereocenters. The van der Waals surface area contributed by atoms with E-state index in [4.69, 9.17) is 4.98 Å². The van der Waals surface area contributed by atoms with Gasteiger partial charge in [0.1, 0.15) is 16.9 Å². The van der Waals surface area contributed by atoms with Crippen LogP contribution in [0.4, 0.5) is 11.8 Å². The van der Waals surface area contributed by atoms with Gasteiger partial charge in [-0.15, -0.1) is 11.3 Å². The van der Waals surface area contributed by atoms with Crippen LogP contribution in [0.1, 0.15) is 25.5 Å². The van der Waals surface area contributed by atoms with Gasteiger partial charge in [-0.3, -0.25) is 0 Å². The number of para-hydroxylation sites is 1. The molecule has 2 aromatic heterocycles. The molecule has 0 aliphatic heterocycles. The lowest BCUT2D eigenvalue weighted by atomic mass is 10.0. The summed E-state index contributed by atoms with van der Waals surface area (Å²) in [5.74, 6) is 0.467. The Bertz CT molecular complexity index is 994. The zero-order chi connectivity index (χ0) is 20.6. The van der Waals surface area contributed by atoms with Crippen LogP contribution in [0.3, 0.4) is 0 Å². The molecular weight excluding hydrogens is 390 g/mol. The van der Waals surface area contributed by atoms with Gasteiger partial charge in [0, 0.05) is 19.1 Å². The van der Waals surface area contributed by atoms with Crippen LogP contribution >= 0.6 is 11.3 Å². The highest BCUT2D eigenvalue weighted by Gasteiger charge is 2.47. The van der Waals surface area contributed by atoms with Crippen molar-refractivity contribution in [2.45, 2.75) is 38.5 Å². The van der Waals surface area contributed by atoms with Crippen LogP contribution in [0, 0.1) is 12.8 Å². The number of aliphatic hydroxyl groups is 3. The maximum Gasteiger partial charge on any atom is 0.224 e. The lowest BCUT2D eigenvalue weighted by Gasteiger charge is -2.31. The molecule has 154 valence electrons. The summed E-state index contributed by atoms with van der Waals surface area (Å²) in [6.07, 6.45) is -0.284. The zero-order valence-electron chi connectivity index (χ0n) is 16.4. The molecule has 0 amide bonds. The third kappa shape index (κ3) is 3.66. The van der Waals surface area contributed by atoms with E-state index in [2.05, 4.69) is 20.6 Å². The van der Waals surface area contributed by atoms with Crippen molar-refractivity contribution >= 4 is 33.3 Å². The number of fused-ring (bicyclic) bond motifs is 1. The standard InChI is InChI=1S/C20H25N5O3S/c1-3-21-19-22-11(2)15(18-23-13-6-4-5-7-14(13)29-18)17(24-19)25-20(28)9-8-12(10-26)16(20)27/h4-7,12,16,26-28H,3,8-10H2,1-2H3,(H2,21,22,24,25). The Balaban J connectivity index is 1.80. The number of rotatable bonds is 6. The number of aliphatic hydroxyl groups excluding tert-OH is 2. The van der Waals surface area contributed by atoms with Crippen LogP contribution in [0.5, 0.6) is 0 Å². The molecule has 1 aliphatic carbocycles. The summed E-state index contributed by atoms with van der Waals surface area (Å²) in [5.41, 5.74) is 0.713. The summed E-state index contributed by atoms with van der Waals surface area (Å²) >= 11 is 1.52. The third-order valence-electron chi connectivity index (χ3n) is 5.33. The van der Waals surface area contributed by atoms with Crippen LogP contribution in [-0.2, 0) is 0 Å². The fourth-order valence-corrected chi connectivity index (χ4v) is 4.83. The minimum atomic E-state index is -1.58. The van der Waals surface area contributed by atoms with Crippen molar-refractivity contribution in [2.24, 2.45) is 5.92 Å². The lowest BCUT2D eigenvalue weighted by molar-refractivity contribution is -0.0545. The summed E-state index contributed by atoms with van der Waals surface area (Å²) < 4.78 is 1.04. The first-order valence-electron chi connectivity index (χ1n) is 9.73. The van der Waals surface area contributed by atoms with Gasteiger partial charge in [0.05, 0.1) is 21.5 Å². The number of thiazole rings is 1. The normalized spacial score (nSPS) is 24.2. The Kier molecular flexibility index (Phi) is 5.39. The maximum absolute atomic E-state index is 11.1. The Morgan fingerprint density at radius 3 is 2.72 bits per heavy atom. The average molecular weight is 416 g/mol. The molecule has 1 fully saturated rings. The number of nitrogens with zero attached hydrogens (tertiary/aromatic N) is 3. The lowest BCUT2D eigenvalue weighted by Crippen LogP contribution is -2.48. The molecular formula is C20H25N5O3S. The molecule has 3 atom stereocenters. The van der Waals surface area contributed by atoms with E-state index in [1.165, 1.54) is 11.3 Å². The third-order valence-corrected chi connectivity index (χ3v) is 6.39. The second-order valence-corrected chi connectivity index (χ2v) is 8.38. The van der Waals surface area contributed by atoms with E-state index in [9.17, 15) is 15.3 Å². The van der Waals surface area contributed by atoms with E-state index < -0.39 is 11.8 Å². The average Bonchev–Trinajstić information content (AvgIpc) is 3.23. The summed E-state index contributed by atoms with van der Waals surface area (Å²) in [4.78, 5) is 13.8. The van der Waals surface area contributed by atoms with E-state index in [0.717, 1.165) is 15.2 Å². The Morgan fingerprint density at radius 1 is 1.24 bits per heavy atom. The molecule has 1 aromatic carbocycles. The number of aryl methyl sites for hydroxylation is 1. The number of hydrogen-bond acceptors (Lipinski definition) is 9. The van der Waals surface area contributed by atoms with Gasteiger partial charge in [-0.25, -0.2) is 9.97 Å². The Labute approximate surface area is 172 Å². The topological polar surface area (TPSA) is 123 Å². The van der Waals surface area contributed by atoms with Crippen molar-refractivity contribution in [3.05, 3.63) is 30.0 Å². The number of hydrogen-bond donors (Lipinski definition) is 5. The van der Waals surface area contributed by atoms with E-state index >= 15 is 0 Å². The van der Waals surface area contributed by atoms with Gasteiger partial charge >= 0.3 is 0 Å². The number of nitrogens with one attached hydrogen (secondary N) is 2. The van der Waals surface area contributed by atoms with Gasteiger partial charge in [0.15, 0.2) is 5.72 Å². The second-order valence-electron chi connectivity index (χ2n) is 7.35. The SMILES string of the molecule is CCNc1nc(C)c(-c2nc3ccccc3s2)c(NC2(O)CCC(CO)C2O)n1. The monoisotopic (exact) mass is 415 g/mol. The van der Waals surface area contributed by atoms with Gasteiger partial charge in [-0.05, 0) is 38.8 Å². The van der Waals surface area contributed by atoms with Gasteiger partial charge in [0.25, 0.3) is 0 Å². The second kappa shape index (κ2) is 7.83. The van der Waals surface area contributed by atoms with Crippen LogP contribution in [0.25, 0.3) is 20.8 Å². The molecule has 0 bridgehead atoms. The van der Waals surface area contributed by atoms with Gasteiger partial charge < -0.3 is 26.0 Å². The van der Waals surface area contributed by atoms with Gasteiger partial charge in [-0.1, -0.05) is 12.1 Å². The summed E-state index contributed by atoms with van der Waals surface area (Å²) in [5, 5.41) is 38.0. The molecule has 3 aromatic rings. The minimum absolute atomic E-state index is 0.179. The van der Waals surface area contributed by atoms with Crippen molar-refractivity contribution in [3.8, 4) is 10.6 Å². The highest BCUT2D eigenvalue weighted by molar-refractivity contribution is 7.21. The van der Waals surface area contributed by atoms with Gasteiger partial charge in [-0.2, -0.15) is 4.98 Å². The first-order chi connectivity index (χ1) is 13.9. The predicted molar refractivity (Wildman–Crippen MR) is 114 cm³/mol. The number of aromatic nitrogens is 3. The van der Waals surface area contributed by atoms with Crippen molar-refractivity contribution in [3.63, 3.8) is 0 Å². The molecule has 1 saturated carbocycles. The summed E-state index contributed by atoms with van der Waals surface area (Å²) in [7, 11) is 0. The summed E-state index contributed by atoms with van der Waals surface area (Å²) in [6.45, 7) is 4.30. The quantitative estimate of drug-likeness (QED) is 0.389. The van der Waals surface area contributed by atoms with Crippen LogP contribution in [0.15, 0.2) is 24.3 Å². The molecule has 2 heterocycles. The molecule has 5 N–H and O–H groups in total. The summed E-state index contributed by atoms with van der Waals surface area (Å²) in [6, 6.07) is 7.86. The van der Waals surface area contributed by atoms with Crippen molar-refractivity contribution < 1.29 is 15.3 Å². The highest BCUT2D eigenvalue weighted by Crippen LogP contribution is 2.40. The first kappa shape index (κ1) is 20.0. The Morgan fingerprint density at radius 2 is 2.03 bits per heavy atom. The highest BCUT2D eigenvalue weighted by atomic mass is 32.1. The van der Waals surface area contributed by atoms with E-state index in [1.807, 2.05) is 38.1 Å². The number of anilines is 2. The molecule has 0 radical (unpaired) electrons. The molecule has 9 heteroatoms. The van der Waals surface area contributed by atoms with Crippen LogP contribution in [0.2, 0.25) is 0 Å². The molecule has 1 aliphatic rings. The fraction of sp³-hybridized carbons (Fsp3) is 0.450. The van der Waals surface area contributed by atoms with Crippen molar-refractivity contribution in [1.29, 1.82) is 0 Å². The maximum atomic E-state index is 11.1. The zero-order valence-corrected chi connectivity index (χ0v) is 17.2. The number of benzene rings is 1. The molecule has 8 nitrogen and oxygen atoms in total. The first-order valence-corrected chi connectivity index (χ1v) is 10.5. The Hall–Kier alpha value is -2.33. The molecule has 0 spiro atoms. The molecule has 4 rings (SSSR count). The smallest absolute Gasteiger partial charge is 0.224 e. The van der Waals surface area contributed by atoms with E-state index in [-0.39, 0.29) is 12.5 Å². The largest absolute Gasteiger partial charge is 0.396 e. The molecule has 29 heavy (non-hydrogen) atoms. The van der Waals surface area contributed by atoms with Crippen LogP contribution in [-0.4, -0.2) is 55.3 Å². The van der Waals surface area contributed by atoms with E-state index in [0.29, 0.717) is 42.4 Å². The fourth-order valence-electron chi connectivity index (χ4n) is 3.77. The molecule has 0 saturated heterocycles. The van der Waals surface area contributed by atoms with Crippen molar-refractivity contribution in [1.82, 2.24) is 15.0 Å². The predicted octanol–water partition coefficient (Wildman–Crippen LogP) is 2.36. The van der Waals surface area contributed by atoms with Crippen molar-refractivity contribution in [2.75, 3.05) is 23.8 Å².